The first-order chi connectivity index (χ1) is 25.1. The number of para-hydroxylation sites is 1. The Balaban J connectivity index is 0. The predicted molar refractivity (Wildman–Crippen MR) is 239 cm³/mol. The van der Waals surface area contributed by atoms with Crippen LogP contribution in [0.3, 0.4) is 0 Å². The summed E-state index contributed by atoms with van der Waals surface area (Å²) in [4.78, 5) is 16.8. The van der Waals surface area contributed by atoms with E-state index in [-0.39, 0.29) is 0 Å². The summed E-state index contributed by atoms with van der Waals surface area (Å²) in [6.45, 7) is 32.4. The van der Waals surface area contributed by atoms with Gasteiger partial charge in [0.1, 0.15) is 5.82 Å². The third-order valence-electron chi connectivity index (χ3n) is 7.52. The minimum atomic E-state index is 0.676. The molecule has 0 spiro atoms. The van der Waals surface area contributed by atoms with Crippen molar-refractivity contribution in [3.05, 3.63) is 89.2 Å². The van der Waals surface area contributed by atoms with E-state index in [1.807, 2.05) is 46.2 Å². The summed E-state index contributed by atoms with van der Waals surface area (Å²) in [7, 11) is 0. The molecule has 0 saturated carbocycles. The normalized spacial score (nSPS) is 11.7. The van der Waals surface area contributed by atoms with E-state index in [9.17, 15) is 0 Å². The van der Waals surface area contributed by atoms with Crippen LogP contribution in [0.4, 0.5) is 17.2 Å². The number of allylic oxidation sites excluding steroid dienone is 2. The van der Waals surface area contributed by atoms with Crippen molar-refractivity contribution in [2.45, 2.75) is 115 Å². The van der Waals surface area contributed by atoms with Crippen molar-refractivity contribution in [3.63, 3.8) is 0 Å². The molecule has 0 aliphatic carbocycles. The molecule has 3 heterocycles. The topological polar surface area (TPSA) is 73.6 Å². The number of thiol groups is 1. The number of hydrogen-bond donors (Lipinski definition) is 3. The lowest BCUT2D eigenvalue weighted by Crippen LogP contribution is -2.43. The summed E-state index contributed by atoms with van der Waals surface area (Å²) in [5, 5.41) is 3.33. The van der Waals surface area contributed by atoms with Gasteiger partial charge >= 0.3 is 0 Å². The molecule has 8 heteroatoms. The van der Waals surface area contributed by atoms with Gasteiger partial charge in [0, 0.05) is 76.5 Å². The largest absolute Gasteiger partial charge is 0.372 e. The average molecular weight is 738 g/mol. The average Bonchev–Trinajstić information content (AvgIpc) is 3.17. The summed E-state index contributed by atoms with van der Waals surface area (Å²) < 4.78 is 0. The van der Waals surface area contributed by atoms with Crippen molar-refractivity contribution in [1.82, 2.24) is 15.3 Å². The van der Waals surface area contributed by atoms with Gasteiger partial charge in [-0.15, -0.1) is 12.6 Å². The Hall–Kier alpha value is -3.07. The van der Waals surface area contributed by atoms with Gasteiger partial charge in [-0.25, -0.2) is 4.98 Å². The third-order valence-corrected chi connectivity index (χ3v) is 7.77. The summed E-state index contributed by atoms with van der Waals surface area (Å²) in [6, 6.07) is 19.0. The van der Waals surface area contributed by atoms with Crippen LogP contribution in [0.5, 0.6) is 0 Å². The highest BCUT2D eigenvalue weighted by Crippen LogP contribution is 2.14. The van der Waals surface area contributed by atoms with Crippen LogP contribution in [0.15, 0.2) is 78.0 Å². The van der Waals surface area contributed by atoms with E-state index in [1.165, 1.54) is 49.0 Å². The van der Waals surface area contributed by atoms with Crippen molar-refractivity contribution in [2.75, 3.05) is 73.6 Å². The monoisotopic (exact) mass is 738 g/mol. The van der Waals surface area contributed by atoms with Crippen LogP contribution in [0.25, 0.3) is 0 Å². The third kappa shape index (κ3) is 27.6. The summed E-state index contributed by atoms with van der Waals surface area (Å²) in [6.07, 6.45) is 13.2. The van der Waals surface area contributed by atoms with Crippen LogP contribution in [0.1, 0.15) is 112 Å². The molecule has 3 aromatic rings. The van der Waals surface area contributed by atoms with Crippen LogP contribution in [-0.2, 0) is 0 Å². The Morgan fingerprint density at radius 3 is 1.69 bits per heavy atom. The number of unbranched alkanes of at least 4 members (excludes halogenated alkanes) is 1. The van der Waals surface area contributed by atoms with E-state index >= 15 is 0 Å². The predicted octanol–water partition coefficient (Wildman–Crippen LogP) is 10.7. The molecule has 2 aromatic heterocycles. The van der Waals surface area contributed by atoms with Crippen LogP contribution >= 0.6 is 12.6 Å². The second kappa shape index (κ2) is 36.3. The van der Waals surface area contributed by atoms with Crippen molar-refractivity contribution in [2.24, 2.45) is 5.73 Å². The number of aromatic nitrogens is 2. The first kappa shape index (κ1) is 51.0. The molecule has 3 N–H and O–H groups in total. The van der Waals surface area contributed by atoms with Crippen molar-refractivity contribution in [1.29, 1.82) is 0 Å². The highest BCUT2D eigenvalue weighted by Gasteiger charge is 2.09. The van der Waals surface area contributed by atoms with Gasteiger partial charge in [-0.1, -0.05) is 98.1 Å². The fourth-order valence-corrected chi connectivity index (χ4v) is 4.53. The molecule has 0 bridgehead atoms. The molecule has 7 nitrogen and oxygen atoms in total. The highest BCUT2D eigenvalue weighted by molar-refractivity contribution is 7.84. The van der Waals surface area contributed by atoms with Gasteiger partial charge in [0.2, 0.25) is 0 Å². The van der Waals surface area contributed by atoms with Gasteiger partial charge in [0.25, 0.3) is 0 Å². The molecule has 4 rings (SSSR count). The van der Waals surface area contributed by atoms with E-state index in [2.05, 4.69) is 146 Å². The Morgan fingerprint density at radius 2 is 1.29 bits per heavy atom. The number of pyridine rings is 2. The molecule has 296 valence electrons. The zero-order chi connectivity index (χ0) is 39.4. The van der Waals surface area contributed by atoms with Crippen LogP contribution in [-0.4, -0.2) is 68.9 Å². The zero-order valence-corrected chi connectivity index (χ0v) is 36.2. The molecule has 1 saturated heterocycles. The first-order valence-corrected chi connectivity index (χ1v) is 20.4. The molecule has 0 amide bonds. The van der Waals surface area contributed by atoms with Gasteiger partial charge < -0.3 is 25.8 Å². The minimum absolute atomic E-state index is 0.676. The van der Waals surface area contributed by atoms with Gasteiger partial charge in [0.05, 0.1) is 11.9 Å². The SMILES string of the molecule is C/C=C(/C)S.CCC.CCCC.CCCN(CCC)c1ccccc1.CCCN(CCN)c1ccc(C)cn1.Cc1ccc(N2CCNCC2)cn1. The molecular weight excluding hydrogens is 659 g/mol. The standard InChI is InChI=1S/C12H19N.C11H19N3.C10H15N3.C4H8S.C4H10.C3H8/c1-3-10-13(11-4-2)12-8-6-5-7-9-12;1-3-7-14(8-6-12)11-5-4-10(2)9-13-11;1-9-2-3-10(8-12-9)13-6-4-11-5-7-13;1-3-4(2)5;1-3-4-2;1-3-2/h5-9H,3-4,10-11H2,1-2H3;4-5,9H,3,6-8,12H2,1-2H3;2-3,8,11H,4-7H2,1H3;3,5H,1-2H3;3-4H2,1-2H3;3H2,1-2H3/b;;;4-3-;;. The molecular formula is C44H79N7S. The zero-order valence-electron chi connectivity index (χ0n) is 35.3. The lowest BCUT2D eigenvalue weighted by molar-refractivity contribution is 0.588. The van der Waals surface area contributed by atoms with Crippen LogP contribution < -0.4 is 25.8 Å². The minimum Gasteiger partial charge on any atom is -0.372 e. The van der Waals surface area contributed by atoms with Crippen molar-refractivity contribution >= 4 is 29.8 Å². The van der Waals surface area contributed by atoms with Gasteiger partial charge in [0.15, 0.2) is 0 Å². The maximum atomic E-state index is 5.56. The van der Waals surface area contributed by atoms with Gasteiger partial charge in [-0.2, -0.15) is 0 Å². The maximum absolute atomic E-state index is 5.56. The van der Waals surface area contributed by atoms with Gasteiger partial charge in [-0.3, -0.25) is 4.98 Å². The smallest absolute Gasteiger partial charge is 0.128 e. The molecule has 1 aliphatic heterocycles. The molecule has 0 radical (unpaired) electrons. The molecule has 1 fully saturated rings. The van der Waals surface area contributed by atoms with E-state index < -0.39 is 0 Å². The number of rotatable bonds is 12. The fraction of sp³-hybridized carbons (Fsp3) is 0.591. The van der Waals surface area contributed by atoms with Crippen LogP contribution in [0.2, 0.25) is 0 Å². The number of piperazine rings is 1. The molecule has 0 unspecified atom stereocenters. The lowest BCUT2D eigenvalue weighted by atomic mass is 10.2. The maximum Gasteiger partial charge on any atom is 0.128 e. The molecule has 1 aromatic carbocycles. The first-order valence-electron chi connectivity index (χ1n) is 20.0. The number of benzene rings is 1. The second-order valence-corrected chi connectivity index (χ2v) is 13.5. The second-order valence-electron chi connectivity index (χ2n) is 12.8. The Labute approximate surface area is 327 Å². The number of nitrogens with one attached hydrogen (secondary N) is 1. The summed E-state index contributed by atoms with van der Waals surface area (Å²) in [5.74, 6) is 1.03. The number of nitrogens with two attached hydrogens (primary N) is 1. The molecule has 1 aliphatic rings. The van der Waals surface area contributed by atoms with Crippen molar-refractivity contribution < 1.29 is 0 Å². The lowest BCUT2D eigenvalue weighted by Gasteiger charge is -2.29. The van der Waals surface area contributed by atoms with Crippen LogP contribution in [0, 0.1) is 13.8 Å². The Kier molecular flexibility index (Phi) is 35.6. The van der Waals surface area contributed by atoms with E-state index in [1.54, 1.807) is 0 Å². The summed E-state index contributed by atoms with van der Waals surface area (Å²) in [5.41, 5.74) is 10.4. The molecule has 0 atom stereocenters. The number of anilines is 3. The summed E-state index contributed by atoms with van der Waals surface area (Å²) >= 11 is 3.96. The highest BCUT2D eigenvalue weighted by atomic mass is 32.1. The van der Waals surface area contributed by atoms with Gasteiger partial charge in [-0.05, 0) is 87.8 Å². The van der Waals surface area contributed by atoms with Crippen molar-refractivity contribution in [3.8, 4) is 0 Å². The number of hydrogen-bond acceptors (Lipinski definition) is 8. The Morgan fingerprint density at radius 1 is 0.750 bits per heavy atom. The number of nitrogens with zero attached hydrogens (tertiary/aromatic N) is 5. The quantitative estimate of drug-likeness (QED) is 0.160. The number of aryl methyl sites for hydroxylation is 2. The van der Waals surface area contributed by atoms with E-state index in [4.69, 9.17) is 5.73 Å². The van der Waals surface area contributed by atoms with E-state index in [0.29, 0.717) is 6.54 Å². The fourth-order valence-electron chi connectivity index (χ4n) is 4.53. The van der Waals surface area contributed by atoms with E-state index in [0.717, 1.165) is 75.2 Å². The Bertz CT molecular complexity index is 1160. The molecule has 52 heavy (non-hydrogen) atoms.